The molecule has 1 rings (SSSR count). The normalized spacial score (nSPS) is 13.9. The third-order valence-corrected chi connectivity index (χ3v) is 3.26. The van der Waals surface area contributed by atoms with Crippen molar-refractivity contribution in [3.8, 4) is 5.75 Å². The van der Waals surface area contributed by atoms with E-state index in [9.17, 15) is 14.6 Å². The molecule has 3 N–H and O–H groups in total. The van der Waals surface area contributed by atoms with Crippen LogP contribution in [0.1, 0.15) is 0 Å². The molecule has 0 amide bonds. The molecule has 1 unspecified atom stereocenters. The van der Waals surface area contributed by atoms with Gasteiger partial charge in [-0.25, -0.2) is 4.79 Å². The van der Waals surface area contributed by atoms with E-state index in [0.717, 1.165) is 0 Å². The van der Waals surface area contributed by atoms with E-state index in [2.05, 4.69) is 0 Å². The van der Waals surface area contributed by atoms with Crippen molar-refractivity contribution in [1.29, 1.82) is 0 Å². The summed E-state index contributed by atoms with van der Waals surface area (Å²) in [5, 5.41) is 20.8. The number of para-hydroxylation sites is 1. The van der Waals surface area contributed by atoms with Crippen molar-refractivity contribution in [2.45, 2.75) is 0 Å². The fourth-order valence-corrected chi connectivity index (χ4v) is 2.54. The van der Waals surface area contributed by atoms with Crippen LogP contribution < -0.4 is 4.74 Å². The molecule has 0 saturated heterocycles. The molecule has 0 radical (unpaired) electrons. The number of aliphatic carboxylic acids is 1. The molecule has 21 heavy (non-hydrogen) atoms. The molecule has 8 nitrogen and oxygen atoms in total. The zero-order valence-electron chi connectivity index (χ0n) is 10.6. The Labute approximate surface area is 144 Å². The maximum absolute atomic E-state index is 12.1. The van der Waals surface area contributed by atoms with Gasteiger partial charge in [-0.15, -0.1) is 0 Å². The molecular formula is C11H17NNaO7P. The molecule has 10 heteroatoms. The number of nitrogens with zero attached hydrogens (tertiary/aromatic N) is 1. The summed E-state index contributed by atoms with van der Waals surface area (Å²) in [6.45, 7) is -1.43. The number of hydroxylamine groups is 3. The first kappa shape index (κ1) is 20.6. The van der Waals surface area contributed by atoms with Crippen LogP contribution in [0.15, 0.2) is 30.3 Å². The van der Waals surface area contributed by atoms with Gasteiger partial charge in [-0.2, -0.15) is 0 Å². The predicted molar refractivity (Wildman–Crippen MR) is 77.0 cm³/mol. The molecule has 0 saturated carbocycles. The molecule has 1 aromatic rings. The van der Waals surface area contributed by atoms with Gasteiger partial charge in [0.05, 0.1) is 0 Å². The zero-order chi connectivity index (χ0) is 15.2. The number of carboxylic acid groups (broad SMARTS) is 1. The number of carbonyl (C=O) groups is 1. The first-order valence-corrected chi connectivity index (χ1v) is 7.51. The Bertz CT molecular complexity index is 495. The minimum atomic E-state index is -4.61. The van der Waals surface area contributed by atoms with E-state index in [1.54, 1.807) is 30.3 Å². The van der Waals surface area contributed by atoms with E-state index >= 15 is 0 Å². The van der Waals surface area contributed by atoms with Gasteiger partial charge in [0.15, 0.2) is 12.8 Å². The molecule has 0 aliphatic rings. The van der Waals surface area contributed by atoms with Crippen LogP contribution in [0.2, 0.25) is 0 Å². The predicted octanol–water partition coefficient (Wildman–Crippen LogP) is -0.0487. The number of ether oxygens (including phenoxy) is 1. The van der Waals surface area contributed by atoms with Crippen LogP contribution >= 0.6 is 7.60 Å². The number of rotatable bonds is 8. The monoisotopic (exact) mass is 329 g/mol. The Morgan fingerprint density at radius 2 is 1.86 bits per heavy atom. The second-order valence-corrected chi connectivity index (χ2v) is 5.91. The van der Waals surface area contributed by atoms with Gasteiger partial charge in [-0.3, -0.25) is 4.57 Å². The van der Waals surface area contributed by atoms with Crippen molar-refractivity contribution < 1.29 is 33.6 Å². The second kappa shape index (κ2) is 8.87. The van der Waals surface area contributed by atoms with Gasteiger partial charge in [0.25, 0.3) is 0 Å². The van der Waals surface area contributed by atoms with Crippen LogP contribution in [0.3, 0.4) is 0 Å². The summed E-state index contributed by atoms with van der Waals surface area (Å²) in [4.78, 5) is 28.3. The number of hydrogen-bond acceptors (Lipinski definition) is 4. The van der Waals surface area contributed by atoms with Crippen molar-refractivity contribution in [1.82, 2.24) is 0 Å². The molecular weight excluding hydrogens is 312 g/mol. The SMILES string of the molecule is O=C(O)C[N+]([O-])(CCOc1ccccc1)CP(=O)(O)O.[NaH]. The van der Waals surface area contributed by atoms with Crippen molar-refractivity contribution >= 4 is 43.1 Å². The van der Waals surface area contributed by atoms with Crippen LogP contribution in [0.25, 0.3) is 0 Å². The molecule has 114 valence electrons. The van der Waals surface area contributed by atoms with E-state index in [-0.39, 0.29) is 42.7 Å². The number of carboxylic acids is 1. The summed E-state index contributed by atoms with van der Waals surface area (Å²) in [6.07, 6.45) is -1.09. The van der Waals surface area contributed by atoms with Crippen LogP contribution in [0, 0.1) is 5.21 Å². The van der Waals surface area contributed by atoms with Crippen molar-refractivity contribution in [3.05, 3.63) is 35.5 Å². The first-order chi connectivity index (χ1) is 9.20. The topological polar surface area (TPSA) is 127 Å². The summed E-state index contributed by atoms with van der Waals surface area (Å²) in [7, 11) is -4.61. The van der Waals surface area contributed by atoms with Crippen LogP contribution in [-0.2, 0) is 9.36 Å². The Morgan fingerprint density at radius 1 is 1.29 bits per heavy atom. The fourth-order valence-electron chi connectivity index (χ4n) is 1.63. The molecule has 1 atom stereocenters. The standard InChI is InChI=1S/C11H16NO7P.Na.H/c13-11(14)8-12(15,9-20(16,17)18)6-7-19-10-4-2-1-3-5-10;;/h1-5H,6-9H2,(H,13,14)(H2,16,17,18);;. The summed E-state index contributed by atoms with van der Waals surface area (Å²) < 4.78 is 14.6. The first-order valence-electron chi connectivity index (χ1n) is 5.71. The average Bonchev–Trinajstić information content (AvgIpc) is 2.26. The Hall–Kier alpha value is -0.440. The number of quaternary nitrogens is 1. The summed E-state index contributed by atoms with van der Waals surface area (Å²) in [5.74, 6) is -0.932. The second-order valence-electron chi connectivity index (χ2n) is 4.30. The van der Waals surface area contributed by atoms with Gasteiger partial charge < -0.3 is 29.5 Å². The third-order valence-electron chi connectivity index (χ3n) is 2.38. The van der Waals surface area contributed by atoms with E-state index in [4.69, 9.17) is 19.6 Å². The van der Waals surface area contributed by atoms with Gasteiger partial charge >= 0.3 is 43.1 Å². The zero-order valence-corrected chi connectivity index (χ0v) is 11.5. The van der Waals surface area contributed by atoms with E-state index < -0.39 is 31.0 Å². The van der Waals surface area contributed by atoms with Gasteiger partial charge in [-0.05, 0) is 12.1 Å². The molecule has 1 aromatic carbocycles. The van der Waals surface area contributed by atoms with Crippen molar-refractivity contribution in [2.75, 3.05) is 26.0 Å². The summed E-state index contributed by atoms with van der Waals surface area (Å²) >= 11 is 0. The van der Waals surface area contributed by atoms with Gasteiger partial charge in [0.1, 0.15) is 18.9 Å². The Morgan fingerprint density at radius 3 is 2.33 bits per heavy atom. The number of hydrogen-bond donors (Lipinski definition) is 3. The summed E-state index contributed by atoms with van der Waals surface area (Å²) in [6, 6.07) is 8.53. The van der Waals surface area contributed by atoms with Crippen molar-refractivity contribution in [3.63, 3.8) is 0 Å². The van der Waals surface area contributed by atoms with Gasteiger partial charge in [-0.1, -0.05) is 18.2 Å². The number of benzene rings is 1. The summed E-state index contributed by atoms with van der Waals surface area (Å²) in [5.41, 5.74) is 0. The molecule has 0 heterocycles. The van der Waals surface area contributed by atoms with Gasteiger partial charge in [0.2, 0.25) is 0 Å². The average molecular weight is 329 g/mol. The Kier molecular flexibility index (Phi) is 8.69. The molecule has 0 bridgehead atoms. The molecule has 0 fully saturated rings. The fraction of sp³-hybridized carbons (Fsp3) is 0.364. The minimum absolute atomic E-state index is 0. The maximum atomic E-state index is 12.1. The van der Waals surface area contributed by atoms with Crippen LogP contribution in [0.5, 0.6) is 5.75 Å². The van der Waals surface area contributed by atoms with Crippen molar-refractivity contribution in [2.24, 2.45) is 0 Å². The van der Waals surface area contributed by atoms with Gasteiger partial charge in [0, 0.05) is 0 Å². The third kappa shape index (κ3) is 9.23. The molecule has 0 aliphatic carbocycles. The van der Waals surface area contributed by atoms with E-state index in [1.807, 2.05) is 0 Å². The van der Waals surface area contributed by atoms with E-state index in [0.29, 0.717) is 5.75 Å². The molecule has 0 aromatic heterocycles. The quantitative estimate of drug-likeness (QED) is 0.264. The molecule has 0 aliphatic heterocycles. The van der Waals surface area contributed by atoms with Crippen LogP contribution in [0.4, 0.5) is 0 Å². The van der Waals surface area contributed by atoms with Crippen LogP contribution in [-0.4, -0.2) is 81.0 Å². The molecule has 0 spiro atoms. The van der Waals surface area contributed by atoms with E-state index in [1.165, 1.54) is 0 Å². The Balaban J connectivity index is 0.00000400.